The van der Waals surface area contributed by atoms with Crippen LogP contribution in [0.15, 0.2) is 54.7 Å². The summed E-state index contributed by atoms with van der Waals surface area (Å²) in [6, 6.07) is 15.8. The van der Waals surface area contributed by atoms with Crippen LogP contribution in [0.4, 0.5) is 5.69 Å². The molecule has 2 heterocycles. The number of carbonyl (C=O) groups is 1. The minimum Gasteiger partial charge on any atom is -0.368 e. The highest BCUT2D eigenvalue weighted by molar-refractivity contribution is 6.43. The molecule has 0 atom stereocenters. The van der Waals surface area contributed by atoms with Gasteiger partial charge in [-0.05, 0) is 43.7 Å². The van der Waals surface area contributed by atoms with Crippen LogP contribution in [0.5, 0.6) is 0 Å². The molecule has 0 bridgehead atoms. The summed E-state index contributed by atoms with van der Waals surface area (Å²) in [5, 5.41) is 4.25. The van der Waals surface area contributed by atoms with Crippen LogP contribution in [0.3, 0.4) is 0 Å². The standard InChI is InChI=1S/C26H31Cl2N5O.2ClH/c1-2-8-24-30-22(19-33(24)20-9-4-3-5-10-20)26(34)29-13-7-14-31-15-17-32(18-16-31)23-12-6-11-21(27)25(23)28;;/h3-6,9-12,19H,2,7-8,13-18H2,1H3,(H,29,34);2*1H. The van der Waals surface area contributed by atoms with Crippen LogP contribution in [-0.4, -0.2) is 59.6 Å². The Morgan fingerprint density at radius 3 is 2.42 bits per heavy atom. The van der Waals surface area contributed by atoms with Gasteiger partial charge in [-0.25, -0.2) is 4.98 Å². The van der Waals surface area contributed by atoms with E-state index in [-0.39, 0.29) is 30.7 Å². The number of carbonyl (C=O) groups excluding carboxylic acids is 1. The number of halogens is 4. The first-order valence-electron chi connectivity index (χ1n) is 11.9. The lowest BCUT2D eigenvalue weighted by Gasteiger charge is -2.36. The maximum absolute atomic E-state index is 12.7. The minimum absolute atomic E-state index is 0. The van der Waals surface area contributed by atoms with Crippen LogP contribution in [-0.2, 0) is 6.42 Å². The number of imidazole rings is 1. The van der Waals surface area contributed by atoms with Gasteiger partial charge < -0.3 is 14.8 Å². The lowest BCUT2D eigenvalue weighted by molar-refractivity contribution is 0.0946. The van der Waals surface area contributed by atoms with Crippen molar-refractivity contribution in [3.05, 3.63) is 76.3 Å². The third kappa shape index (κ3) is 7.53. The van der Waals surface area contributed by atoms with Crippen molar-refractivity contribution >= 4 is 59.6 Å². The van der Waals surface area contributed by atoms with Crippen LogP contribution in [0.25, 0.3) is 5.69 Å². The van der Waals surface area contributed by atoms with Gasteiger partial charge in [-0.3, -0.25) is 9.69 Å². The zero-order chi connectivity index (χ0) is 23.9. The molecule has 1 aromatic heterocycles. The number of anilines is 1. The van der Waals surface area contributed by atoms with Crippen molar-refractivity contribution in [1.29, 1.82) is 0 Å². The van der Waals surface area contributed by atoms with Gasteiger partial charge in [0, 0.05) is 51.0 Å². The van der Waals surface area contributed by atoms with Crippen LogP contribution >= 0.6 is 48.0 Å². The maximum atomic E-state index is 12.7. The number of piperazine rings is 1. The Bertz CT molecular complexity index is 1100. The maximum Gasteiger partial charge on any atom is 0.271 e. The summed E-state index contributed by atoms with van der Waals surface area (Å²) in [7, 11) is 0. The lowest BCUT2D eigenvalue weighted by atomic mass is 10.2. The van der Waals surface area contributed by atoms with E-state index >= 15 is 0 Å². The summed E-state index contributed by atoms with van der Waals surface area (Å²) in [6.07, 6.45) is 4.54. The molecular formula is C26H33Cl4N5O. The van der Waals surface area contributed by atoms with Crippen molar-refractivity contribution in [2.75, 3.05) is 44.2 Å². The first kappa shape index (κ1) is 30.3. The van der Waals surface area contributed by atoms with E-state index in [9.17, 15) is 4.79 Å². The van der Waals surface area contributed by atoms with Crippen LogP contribution in [0, 0.1) is 0 Å². The molecule has 36 heavy (non-hydrogen) atoms. The smallest absolute Gasteiger partial charge is 0.271 e. The molecule has 0 unspecified atom stereocenters. The van der Waals surface area contributed by atoms with Crippen molar-refractivity contribution in [2.24, 2.45) is 0 Å². The molecule has 1 amide bonds. The molecule has 0 saturated carbocycles. The average molecular weight is 573 g/mol. The van der Waals surface area contributed by atoms with Crippen molar-refractivity contribution in [2.45, 2.75) is 26.2 Å². The fourth-order valence-electron chi connectivity index (χ4n) is 4.28. The fourth-order valence-corrected chi connectivity index (χ4v) is 4.70. The zero-order valence-corrected chi connectivity index (χ0v) is 23.5. The van der Waals surface area contributed by atoms with Gasteiger partial charge in [0.15, 0.2) is 0 Å². The Balaban J connectivity index is 0.00000228. The number of hydrogen-bond acceptors (Lipinski definition) is 4. The third-order valence-electron chi connectivity index (χ3n) is 6.10. The average Bonchev–Trinajstić information content (AvgIpc) is 3.29. The van der Waals surface area contributed by atoms with Gasteiger partial charge in [-0.2, -0.15) is 0 Å². The first-order chi connectivity index (χ1) is 16.6. The predicted molar refractivity (Wildman–Crippen MR) is 154 cm³/mol. The second kappa shape index (κ2) is 14.7. The molecule has 2 aromatic carbocycles. The monoisotopic (exact) mass is 571 g/mol. The van der Waals surface area contributed by atoms with E-state index in [4.69, 9.17) is 23.2 Å². The molecule has 1 aliphatic heterocycles. The molecule has 0 spiro atoms. The SMILES string of the molecule is CCCc1nc(C(=O)NCCCN2CCN(c3cccc(Cl)c3Cl)CC2)cn1-c1ccccc1.Cl.Cl. The molecule has 1 N–H and O–H groups in total. The number of nitrogens with zero attached hydrogens (tertiary/aromatic N) is 4. The minimum atomic E-state index is -0.118. The topological polar surface area (TPSA) is 53.4 Å². The summed E-state index contributed by atoms with van der Waals surface area (Å²) in [6.45, 7) is 7.41. The van der Waals surface area contributed by atoms with Gasteiger partial charge in [0.1, 0.15) is 11.5 Å². The molecule has 0 aliphatic carbocycles. The van der Waals surface area contributed by atoms with Gasteiger partial charge in [0.2, 0.25) is 0 Å². The number of hydrogen-bond donors (Lipinski definition) is 1. The molecule has 1 aliphatic rings. The first-order valence-corrected chi connectivity index (χ1v) is 12.7. The van der Waals surface area contributed by atoms with Crippen LogP contribution in [0.1, 0.15) is 36.1 Å². The van der Waals surface area contributed by atoms with Gasteiger partial charge in [-0.1, -0.05) is 54.4 Å². The number of rotatable bonds is 9. The summed E-state index contributed by atoms with van der Waals surface area (Å²) in [4.78, 5) is 22.0. The van der Waals surface area contributed by atoms with Crippen molar-refractivity contribution in [3.63, 3.8) is 0 Å². The molecule has 196 valence electrons. The predicted octanol–water partition coefficient (Wildman–Crippen LogP) is 5.92. The third-order valence-corrected chi connectivity index (χ3v) is 6.91. The Morgan fingerprint density at radius 2 is 1.72 bits per heavy atom. The summed E-state index contributed by atoms with van der Waals surface area (Å²) < 4.78 is 2.02. The van der Waals surface area contributed by atoms with E-state index < -0.39 is 0 Å². The largest absolute Gasteiger partial charge is 0.368 e. The highest BCUT2D eigenvalue weighted by Crippen LogP contribution is 2.32. The summed E-state index contributed by atoms with van der Waals surface area (Å²) >= 11 is 12.5. The number of aromatic nitrogens is 2. The van der Waals surface area contributed by atoms with E-state index in [2.05, 4.69) is 27.0 Å². The van der Waals surface area contributed by atoms with Crippen LogP contribution in [0.2, 0.25) is 10.0 Å². The number of aryl methyl sites for hydroxylation is 1. The summed E-state index contributed by atoms with van der Waals surface area (Å²) in [5.74, 6) is 0.795. The number of nitrogens with one attached hydrogen (secondary N) is 1. The molecule has 0 radical (unpaired) electrons. The normalized spacial score (nSPS) is 13.6. The molecule has 10 heteroatoms. The van der Waals surface area contributed by atoms with Crippen molar-refractivity contribution in [3.8, 4) is 5.69 Å². The lowest BCUT2D eigenvalue weighted by Crippen LogP contribution is -2.47. The number of amides is 1. The van der Waals surface area contributed by atoms with E-state index in [1.54, 1.807) is 0 Å². The molecule has 3 aromatic rings. The second-order valence-electron chi connectivity index (χ2n) is 8.51. The molecular weight excluding hydrogens is 540 g/mol. The van der Waals surface area contributed by atoms with Gasteiger partial charge in [-0.15, -0.1) is 24.8 Å². The molecule has 4 rings (SSSR count). The quantitative estimate of drug-likeness (QED) is 0.323. The fraction of sp³-hybridized carbons (Fsp3) is 0.385. The highest BCUT2D eigenvalue weighted by atomic mass is 35.5. The second-order valence-corrected chi connectivity index (χ2v) is 9.29. The number of benzene rings is 2. The Labute approximate surface area is 235 Å². The van der Waals surface area contributed by atoms with Gasteiger partial charge in [0.25, 0.3) is 5.91 Å². The Hall–Kier alpha value is -1.96. The Morgan fingerprint density at radius 1 is 1.00 bits per heavy atom. The Kier molecular flexibility index (Phi) is 12.4. The van der Waals surface area contributed by atoms with Crippen molar-refractivity contribution in [1.82, 2.24) is 19.8 Å². The molecule has 1 fully saturated rings. The highest BCUT2D eigenvalue weighted by Gasteiger charge is 2.20. The number of para-hydroxylation sites is 1. The van der Waals surface area contributed by atoms with Crippen LogP contribution < -0.4 is 10.2 Å². The zero-order valence-electron chi connectivity index (χ0n) is 20.3. The van der Waals surface area contributed by atoms with E-state index in [0.29, 0.717) is 22.3 Å². The van der Waals surface area contributed by atoms with Crippen molar-refractivity contribution < 1.29 is 4.79 Å². The van der Waals surface area contributed by atoms with Gasteiger partial charge >= 0.3 is 0 Å². The van der Waals surface area contributed by atoms with E-state index in [1.807, 2.05) is 59.3 Å². The van der Waals surface area contributed by atoms with Gasteiger partial charge in [0.05, 0.1) is 15.7 Å². The summed E-state index contributed by atoms with van der Waals surface area (Å²) in [5.41, 5.74) is 2.49. The van der Waals surface area contributed by atoms with E-state index in [0.717, 1.165) is 69.2 Å². The van der Waals surface area contributed by atoms with E-state index in [1.165, 1.54) is 0 Å². The molecule has 1 saturated heterocycles. The molecule has 6 nitrogen and oxygen atoms in total.